The molecule has 0 spiro atoms. The summed E-state index contributed by atoms with van der Waals surface area (Å²) < 4.78 is 2.09. The van der Waals surface area contributed by atoms with Gasteiger partial charge in [0.05, 0.1) is 0 Å². The van der Waals surface area contributed by atoms with Crippen molar-refractivity contribution in [2.75, 3.05) is 13.1 Å². The molecule has 77 valence electrons. The van der Waals surface area contributed by atoms with E-state index in [-0.39, 0.29) is 0 Å². The summed E-state index contributed by atoms with van der Waals surface area (Å²) in [5, 5.41) is 0. The van der Waals surface area contributed by atoms with Crippen LogP contribution in [0.4, 0.5) is 0 Å². The molecule has 0 aromatic carbocycles. The highest BCUT2D eigenvalue weighted by atomic mass is 15.2. The van der Waals surface area contributed by atoms with Crippen LogP contribution in [0.1, 0.15) is 32.0 Å². The number of nitrogens with zero attached hydrogens (tertiary/aromatic N) is 3. The highest BCUT2D eigenvalue weighted by Gasteiger charge is 2.21. The molecule has 1 saturated heterocycles. The number of piperidine rings is 1. The van der Waals surface area contributed by atoms with E-state index in [2.05, 4.69) is 28.4 Å². The Labute approximate surface area is 85.7 Å². The Kier molecular flexibility index (Phi) is 2.87. The molecule has 1 aromatic rings. The smallest absolute Gasteiger partial charge is 0.131 e. The van der Waals surface area contributed by atoms with Crippen molar-refractivity contribution in [2.45, 2.75) is 26.2 Å². The van der Waals surface area contributed by atoms with Crippen molar-refractivity contribution < 1.29 is 0 Å². The lowest BCUT2D eigenvalue weighted by molar-refractivity contribution is 0.247. The van der Waals surface area contributed by atoms with E-state index < -0.39 is 0 Å². The topological polar surface area (TPSA) is 21.1 Å². The lowest BCUT2D eigenvalue weighted by Crippen LogP contribution is -2.34. The van der Waals surface area contributed by atoms with E-state index in [0.717, 1.165) is 5.82 Å². The summed E-state index contributed by atoms with van der Waals surface area (Å²) in [6, 6.07) is 1.32. The molecule has 1 aromatic heterocycles. The number of rotatable bonds is 2. The van der Waals surface area contributed by atoms with Gasteiger partial charge in [0, 0.05) is 19.4 Å². The lowest BCUT2D eigenvalue weighted by Gasteiger charge is -2.30. The summed E-state index contributed by atoms with van der Waals surface area (Å²) >= 11 is 0. The Morgan fingerprint density at radius 2 is 2.00 bits per heavy atom. The second-order valence-electron chi connectivity index (χ2n) is 3.99. The summed E-state index contributed by atoms with van der Waals surface area (Å²) in [4.78, 5) is 6.83. The zero-order valence-corrected chi connectivity index (χ0v) is 9.03. The quantitative estimate of drug-likeness (QED) is 0.712. The third kappa shape index (κ3) is 1.82. The van der Waals surface area contributed by atoms with Gasteiger partial charge in [-0.1, -0.05) is 6.42 Å². The van der Waals surface area contributed by atoms with Crippen molar-refractivity contribution in [3.05, 3.63) is 24.3 Å². The highest BCUT2D eigenvalue weighted by molar-refractivity contribution is 5.13. The van der Waals surface area contributed by atoms with Crippen LogP contribution in [0.3, 0.4) is 0 Å². The van der Waals surface area contributed by atoms with Crippen LogP contribution in [-0.2, 0) is 7.05 Å². The van der Waals surface area contributed by atoms with Crippen LogP contribution in [0.5, 0.6) is 0 Å². The number of hydrogen-bond donors (Lipinski definition) is 0. The number of aryl methyl sites for hydroxylation is 1. The van der Waals surface area contributed by atoms with E-state index in [0.29, 0.717) is 0 Å². The van der Waals surface area contributed by atoms with Crippen LogP contribution in [0, 0.1) is 6.04 Å². The maximum atomic E-state index is 4.38. The molecule has 2 rings (SSSR count). The van der Waals surface area contributed by atoms with Crippen molar-refractivity contribution in [2.24, 2.45) is 7.05 Å². The van der Waals surface area contributed by atoms with Gasteiger partial charge >= 0.3 is 0 Å². The first kappa shape index (κ1) is 9.71. The van der Waals surface area contributed by atoms with Crippen molar-refractivity contribution >= 4 is 0 Å². The number of likely N-dealkylation sites (tertiary alicyclic amines) is 1. The lowest BCUT2D eigenvalue weighted by atomic mass is 10.1. The molecule has 1 fully saturated rings. The Bertz CT molecular complexity index is 286. The third-order valence-electron chi connectivity index (χ3n) is 2.98. The van der Waals surface area contributed by atoms with Gasteiger partial charge in [0.25, 0.3) is 0 Å². The van der Waals surface area contributed by atoms with Gasteiger partial charge in [-0.15, -0.1) is 0 Å². The zero-order chi connectivity index (χ0) is 9.97. The fourth-order valence-electron chi connectivity index (χ4n) is 2.08. The van der Waals surface area contributed by atoms with E-state index in [1.807, 2.05) is 12.4 Å². The van der Waals surface area contributed by atoms with Gasteiger partial charge in [-0.3, -0.25) is 4.90 Å². The molecular weight excluding hydrogens is 174 g/mol. The molecule has 3 nitrogen and oxygen atoms in total. The van der Waals surface area contributed by atoms with Crippen molar-refractivity contribution in [3.8, 4) is 0 Å². The highest BCUT2D eigenvalue weighted by Crippen LogP contribution is 2.21. The molecule has 1 aliphatic rings. The van der Waals surface area contributed by atoms with Crippen LogP contribution in [0.2, 0.25) is 0 Å². The van der Waals surface area contributed by atoms with E-state index in [1.54, 1.807) is 0 Å². The molecule has 14 heavy (non-hydrogen) atoms. The summed E-state index contributed by atoms with van der Waals surface area (Å²) in [5.74, 6) is 1.10. The molecule has 0 aliphatic carbocycles. The predicted octanol–water partition coefficient (Wildman–Crippen LogP) is 1.81. The molecule has 0 N–H and O–H groups in total. The van der Waals surface area contributed by atoms with E-state index >= 15 is 0 Å². The monoisotopic (exact) mass is 192 g/mol. The van der Waals surface area contributed by atoms with Gasteiger partial charge in [0.1, 0.15) is 11.9 Å². The number of imidazole rings is 1. The summed E-state index contributed by atoms with van der Waals surface area (Å²) in [5.41, 5.74) is 0. The SMILES string of the molecule is C[C](c1nccn1C)N1CCCCC1. The molecule has 0 amide bonds. The van der Waals surface area contributed by atoms with E-state index in [4.69, 9.17) is 0 Å². The van der Waals surface area contributed by atoms with E-state index in [1.165, 1.54) is 38.4 Å². The molecule has 0 saturated carbocycles. The standard InChI is InChI=1S/C11H18N3/c1-10(11-12-6-9-13(11)2)14-7-4-3-5-8-14/h6,9H,3-5,7-8H2,1-2H3. The molecule has 0 atom stereocenters. The van der Waals surface area contributed by atoms with Crippen molar-refractivity contribution in [1.82, 2.24) is 14.5 Å². The van der Waals surface area contributed by atoms with Gasteiger partial charge in [-0.25, -0.2) is 4.98 Å². The van der Waals surface area contributed by atoms with Gasteiger partial charge in [-0.05, 0) is 32.9 Å². The first-order valence-electron chi connectivity index (χ1n) is 5.35. The minimum atomic E-state index is 1.10. The molecule has 1 radical (unpaired) electrons. The molecule has 0 unspecified atom stereocenters. The normalized spacial score (nSPS) is 19.1. The minimum Gasteiger partial charge on any atom is -0.336 e. The average molecular weight is 192 g/mol. The van der Waals surface area contributed by atoms with Crippen molar-refractivity contribution in [3.63, 3.8) is 0 Å². The summed E-state index contributed by atoms with van der Waals surface area (Å²) in [6.07, 6.45) is 7.89. The molecule has 0 bridgehead atoms. The van der Waals surface area contributed by atoms with Crippen LogP contribution in [0.15, 0.2) is 12.4 Å². The van der Waals surface area contributed by atoms with Crippen LogP contribution in [0.25, 0.3) is 0 Å². The minimum absolute atomic E-state index is 1.10. The molecule has 1 aliphatic heterocycles. The van der Waals surface area contributed by atoms with Crippen LogP contribution >= 0.6 is 0 Å². The fraction of sp³-hybridized carbons (Fsp3) is 0.636. The second-order valence-corrected chi connectivity index (χ2v) is 3.99. The first-order chi connectivity index (χ1) is 6.79. The van der Waals surface area contributed by atoms with Gasteiger partial charge < -0.3 is 4.57 Å². The average Bonchev–Trinajstić information content (AvgIpc) is 2.65. The second kappa shape index (κ2) is 4.13. The van der Waals surface area contributed by atoms with Crippen LogP contribution < -0.4 is 0 Å². The third-order valence-corrected chi connectivity index (χ3v) is 2.98. The Balaban J connectivity index is 2.07. The van der Waals surface area contributed by atoms with Gasteiger partial charge in [0.2, 0.25) is 0 Å². The van der Waals surface area contributed by atoms with E-state index in [9.17, 15) is 0 Å². The number of hydrogen-bond acceptors (Lipinski definition) is 2. The Morgan fingerprint density at radius 3 is 2.57 bits per heavy atom. The van der Waals surface area contributed by atoms with Gasteiger partial charge in [-0.2, -0.15) is 0 Å². The fourth-order valence-corrected chi connectivity index (χ4v) is 2.08. The summed E-state index contributed by atoms with van der Waals surface area (Å²) in [7, 11) is 2.05. The molecule has 3 heteroatoms. The number of aromatic nitrogens is 2. The molecule has 2 heterocycles. The maximum Gasteiger partial charge on any atom is 0.131 e. The van der Waals surface area contributed by atoms with Gasteiger partial charge in [0.15, 0.2) is 0 Å². The largest absolute Gasteiger partial charge is 0.336 e. The van der Waals surface area contributed by atoms with Crippen molar-refractivity contribution in [1.29, 1.82) is 0 Å². The molecular formula is C11H18N3. The summed E-state index contributed by atoms with van der Waals surface area (Å²) in [6.45, 7) is 4.56. The van der Waals surface area contributed by atoms with Crippen LogP contribution in [-0.4, -0.2) is 27.5 Å². The predicted molar refractivity (Wildman–Crippen MR) is 56.7 cm³/mol. The maximum absolute atomic E-state index is 4.38. The first-order valence-corrected chi connectivity index (χ1v) is 5.35. The zero-order valence-electron chi connectivity index (χ0n) is 9.03. The Morgan fingerprint density at radius 1 is 1.29 bits per heavy atom. The Hall–Kier alpha value is -0.830.